The number of hydrogen-bond donors (Lipinski definition) is 1. The Morgan fingerprint density at radius 2 is 1.92 bits per heavy atom. The van der Waals surface area contributed by atoms with Crippen molar-refractivity contribution in [3.05, 3.63) is 66.0 Å². The summed E-state index contributed by atoms with van der Waals surface area (Å²) in [6.45, 7) is 1.88. The molecule has 8 heteroatoms. The van der Waals surface area contributed by atoms with Crippen molar-refractivity contribution in [2.75, 3.05) is 5.32 Å². The van der Waals surface area contributed by atoms with Crippen LogP contribution >= 0.6 is 11.6 Å². The maximum Gasteiger partial charge on any atom is 0.238 e. The summed E-state index contributed by atoms with van der Waals surface area (Å²) in [4.78, 5) is 21.2. The minimum Gasteiger partial charge on any atom is -0.438 e. The van der Waals surface area contributed by atoms with Gasteiger partial charge in [0.2, 0.25) is 5.88 Å². The number of aryl methyl sites for hydroxylation is 1. The second-order valence-corrected chi connectivity index (χ2v) is 5.87. The van der Waals surface area contributed by atoms with Gasteiger partial charge in [0, 0.05) is 11.6 Å². The minimum atomic E-state index is 0.337. The smallest absolute Gasteiger partial charge is 0.238 e. The Labute approximate surface area is 154 Å². The summed E-state index contributed by atoms with van der Waals surface area (Å²) in [5.41, 5.74) is 1.60. The van der Waals surface area contributed by atoms with Crippen LogP contribution in [0.4, 0.5) is 11.6 Å². The highest BCUT2D eigenvalue weighted by Crippen LogP contribution is 2.30. The van der Waals surface area contributed by atoms with Crippen LogP contribution in [0.5, 0.6) is 11.6 Å². The van der Waals surface area contributed by atoms with E-state index in [0.717, 1.165) is 16.6 Å². The third-order valence-corrected chi connectivity index (χ3v) is 3.86. The van der Waals surface area contributed by atoms with Crippen molar-refractivity contribution in [2.24, 2.45) is 0 Å². The largest absolute Gasteiger partial charge is 0.438 e. The van der Waals surface area contributed by atoms with Gasteiger partial charge in [-0.25, -0.2) is 19.9 Å². The van der Waals surface area contributed by atoms with Gasteiger partial charge in [-0.2, -0.15) is 0 Å². The first-order valence-corrected chi connectivity index (χ1v) is 8.15. The summed E-state index contributed by atoms with van der Waals surface area (Å²) in [7, 11) is 0. The lowest BCUT2D eigenvalue weighted by Gasteiger charge is -2.10. The first kappa shape index (κ1) is 16.2. The molecule has 128 valence electrons. The van der Waals surface area contributed by atoms with Gasteiger partial charge in [-0.15, -0.1) is 0 Å². The molecule has 0 atom stereocenters. The molecule has 3 heterocycles. The number of nitrogens with one attached hydrogen (secondary N) is 1. The van der Waals surface area contributed by atoms with Gasteiger partial charge >= 0.3 is 0 Å². The number of aromatic nitrogens is 5. The van der Waals surface area contributed by atoms with E-state index in [2.05, 4.69) is 30.2 Å². The molecule has 7 nitrogen and oxygen atoms in total. The Hall–Kier alpha value is -3.32. The summed E-state index contributed by atoms with van der Waals surface area (Å²) < 4.78 is 5.78. The SMILES string of the molecule is Cc1cnc(Nc2ncnc3ccc(Oc4ncccc4Cl)cc23)cn1. The summed E-state index contributed by atoms with van der Waals surface area (Å²) in [5.74, 6) is 2.11. The zero-order valence-corrected chi connectivity index (χ0v) is 14.5. The molecule has 0 aliphatic heterocycles. The number of pyridine rings is 1. The number of rotatable bonds is 4. The number of anilines is 2. The lowest BCUT2D eigenvalue weighted by Crippen LogP contribution is -1.99. The summed E-state index contributed by atoms with van der Waals surface area (Å²) in [5, 5.41) is 4.37. The Morgan fingerprint density at radius 3 is 2.73 bits per heavy atom. The Balaban J connectivity index is 1.70. The third-order valence-electron chi connectivity index (χ3n) is 3.57. The number of ether oxygens (including phenoxy) is 1. The van der Waals surface area contributed by atoms with E-state index in [1.165, 1.54) is 6.33 Å². The number of benzene rings is 1. The van der Waals surface area contributed by atoms with E-state index in [9.17, 15) is 0 Å². The topological polar surface area (TPSA) is 85.7 Å². The minimum absolute atomic E-state index is 0.337. The van der Waals surface area contributed by atoms with Gasteiger partial charge < -0.3 is 10.1 Å². The van der Waals surface area contributed by atoms with E-state index < -0.39 is 0 Å². The molecule has 0 aliphatic rings. The molecule has 4 rings (SSSR count). The maximum absolute atomic E-state index is 6.10. The highest BCUT2D eigenvalue weighted by molar-refractivity contribution is 6.31. The first-order valence-electron chi connectivity index (χ1n) is 7.78. The second-order valence-electron chi connectivity index (χ2n) is 5.46. The molecule has 1 aromatic carbocycles. The number of nitrogens with zero attached hydrogens (tertiary/aromatic N) is 5. The van der Waals surface area contributed by atoms with Crippen LogP contribution in [-0.4, -0.2) is 24.9 Å². The van der Waals surface area contributed by atoms with Crippen molar-refractivity contribution in [2.45, 2.75) is 6.92 Å². The fraction of sp³-hybridized carbons (Fsp3) is 0.0556. The maximum atomic E-state index is 6.10. The van der Waals surface area contributed by atoms with Gasteiger partial charge in [-0.1, -0.05) is 11.6 Å². The zero-order chi connectivity index (χ0) is 17.9. The molecule has 0 amide bonds. The van der Waals surface area contributed by atoms with Gasteiger partial charge in [0.1, 0.15) is 28.7 Å². The van der Waals surface area contributed by atoms with Crippen molar-refractivity contribution in [1.82, 2.24) is 24.9 Å². The van der Waals surface area contributed by atoms with Gasteiger partial charge in [-0.05, 0) is 37.3 Å². The lowest BCUT2D eigenvalue weighted by atomic mass is 10.2. The lowest BCUT2D eigenvalue weighted by molar-refractivity contribution is 0.464. The van der Waals surface area contributed by atoms with Crippen LogP contribution in [0.25, 0.3) is 10.9 Å². The van der Waals surface area contributed by atoms with Crippen LogP contribution in [0, 0.1) is 6.92 Å². The molecule has 0 radical (unpaired) electrons. The van der Waals surface area contributed by atoms with E-state index in [-0.39, 0.29) is 0 Å². The highest BCUT2D eigenvalue weighted by Gasteiger charge is 2.09. The molecular formula is C18H13ClN6O. The zero-order valence-electron chi connectivity index (χ0n) is 13.7. The van der Waals surface area contributed by atoms with Crippen LogP contribution in [-0.2, 0) is 0 Å². The van der Waals surface area contributed by atoms with Crippen LogP contribution in [0.2, 0.25) is 5.02 Å². The van der Waals surface area contributed by atoms with Gasteiger partial charge in [0.15, 0.2) is 0 Å². The fourth-order valence-corrected chi connectivity index (χ4v) is 2.50. The van der Waals surface area contributed by atoms with E-state index >= 15 is 0 Å². The number of halogens is 1. The van der Waals surface area contributed by atoms with Crippen molar-refractivity contribution in [3.63, 3.8) is 0 Å². The summed E-state index contributed by atoms with van der Waals surface area (Å²) in [6, 6.07) is 8.93. The third kappa shape index (κ3) is 3.38. The standard InChI is InChI=1S/C18H13ClN6O/c1-11-8-22-16(9-21-11)25-17-13-7-12(4-5-15(13)23-10-24-17)26-18-14(19)3-2-6-20-18/h2-10H,1H3,(H,22,23,24,25). The van der Waals surface area contributed by atoms with Crippen molar-refractivity contribution < 1.29 is 4.74 Å². The molecule has 0 spiro atoms. The van der Waals surface area contributed by atoms with E-state index in [0.29, 0.717) is 28.3 Å². The Bertz CT molecular complexity index is 1070. The van der Waals surface area contributed by atoms with Crippen LogP contribution in [0.15, 0.2) is 55.2 Å². The quantitative estimate of drug-likeness (QED) is 0.577. The molecule has 0 bridgehead atoms. The average Bonchev–Trinajstić information content (AvgIpc) is 2.66. The predicted octanol–water partition coefficient (Wildman–Crippen LogP) is 4.31. The highest BCUT2D eigenvalue weighted by atomic mass is 35.5. The molecule has 0 unspecified atom stereocenters. The molecule has 4 aromatic rings. The fourth-order valence-electron chi connectivity index (χ4n) is 2.34. The van der Waals surface area contributed by atoms with Crippen molar-refractivity contribution in [3.8, 4) is 11.6 Å². The normalized spacial score (nSPS) is 10.7. The van der Waals surface area contributed by atoms with E-state index in [1.54, 1.807) is 36.8 Å². The molecular weight excluding hydrogens is 352 g/mol. The number of fused-ring (bicyclic) bond motifs is 1. The van der Waals surface area contributed by atoms with Gasteiger partial charge in [0.25, 0.3) is 0 Å². The molecule has 26 heavy (non-hydrogen) atoms. The molecule has 1 N–H and O–H groups in total. The average molecular weight is 365 g/mol. The molecule has 0 saturated carbocycles. The predicted molar refractivity (Wildman–Crippen MR) is 98.9 cm³/mol. The van der Waals surface area contributed by atoms with Gasteiger partial charge in [-0.3, -0.25) is 4.98 Å². The monoisotopic (exact) mass is 364 g/mol. The molecule has 0 aliphatic carbocycles. The second kappa shape index (κ2) is 6.89. The Morgan fingerprint density at radius 1 is 1.00 bits per heavy atom. The van der Waals surface area contributed by atoms with Crippen LogP contribution in [0.3, 0.4) is 0 Å². The van der Waals surface area contributed by atoms with Crippen LogP contribution < -0.4 is 10.1 Å². The summed E-state index contributed by atoms with van der Waals surface area (Å²) >= 11 is 6.10. The van der Waals surface area contributed by atoms with Crippen molar-refractivity contribution in [1.29, 1.82) is 0 Å². The first-order chi connectivity index (χ1) is 12.7. The van der Waals surface area contributed by atoms with E-state index in [1.807, 2.05) is 19.1 Å². The summed E-state index contributed by atoms with van der Waals surface area (Å²) in [6.07, 6.45) is 6.44. The molecule has 0 saturated heterocycles. The Kier molecular flexibility index (Phi) is 4.28. The van der Waals surface area contributed by atoms with Crippen LogP contribution in [0.1, 0.15) is 5.69 Å². The van der Waals surface area contributed by atoms with E-state index in [4.69, 9.17) is 16.3 Å². The van der Waals surface area contributed by atoms with Gasteiger partial charge in [0.05, 0.1) is 23.6 Å². The molecule has 0 fully saturated rings. The van der Waals surface area contributed by atoms with Crippen molar-refractivity contribution >= 4 is 34.1 Å². The number of hydrogen-bond acceptors (Lipinski definition) is 7. The molecule has 3 aromatic heterocycles.